The van der Waals surface area contributed by atoms with Crippen molar-refractivity contribution in [1.29, 1.82) is 0 Å². The first-order valence-corrected chi connectivity index (χ1v) is 10.3. The van der Waals surface area contributed by atoms with Crippen LogP contribution in [0.15, 0.2) is 40.9 Å². The molecule has 0 bridgehead atoms. The number of hydrogen-bond donors (Lipinski definition) is 0. The first-order valence-electron chi connectivity index (χ1n) is 9.12. The second-order valence-electron chi connectivity index (χ2n) is 6.82. The van der Waals surface area contributed by atoms with E-state index >= 15 is 0 Å². The van der Waals surface area contributed by atoms with E-state index in [9.17, 15) is 0 Å². The number of aliphatic imine (C=N–C) groups is 1. The molecule has 2 rings (SSSR count). The summed E-state index contributed by atoms with van der Waals surface area (Å²) in [5, 5.41) is 0. The van der Waals surface area contributed by atoms with Gasteiger partial charge in [0.1, 0.15) is 0 Å². The largest absolute Gasteiger partial charge is 0.374 e. The summed E-state index contributed by atoms with van der Waals surface area (Å²) in [7, 11) is 0. The number of rotatable bonds is 8. The molecule has 3 heteroatoms. The molecule has 0 radical (unpaired) electrons. The zero-order chi connectivity index (χ0) is 17.4. The Kier molecular flexibility index (Phi) is 8.07. The van der Waals surface area contributed by atoms with Crippen molar-refractivity contribution < 1.29 is 4.74 Å². The fraction of sp³-hybridized carbons (Fsp3) is 0.571. The predicted octanol–water partition coefficient (Wildman–Crippen LogP) is 5.84. The second-order valence-corrected chi connectivity index (χ2v) is 7.85. The van der Waals surface area contributed by atoms with Gasteiger partial charge in [0.15, 0.2) is 0 Å². The number of benzene rings is 1. The van der Waals surface area contributed by atoms with Crippen LogP contribution in [0.3, 0.4) is 0 Å². The Morgan fingerprint density at radius 3 is 2.71 bits per heavy atom. The van der Waals surface area contributed by atoms with E-state index in [0.29, 0.717) is 18.1 Å². The first kappa shape index (κ1) is 19.3. The quantitative estimate of drug-likeness (QED) is 0.552. The fourth-order valence-corrected chi connectivity index (χ4v) is 3.82. The first-order chi connectivity index (χ1) is 11.6. The molecule has 1 aromatic rings. The molecule has 0 N–H and O–H groups in total. The topological polar surface area (TPSA) is 21.6 Å². The van der Waals surface area contributed by atoms with E-state index in [2.05, 4.69) is 64.2 Å². The highest BCUT2D eigenvalue weighted by molar-refractivity contribution is 7.99. The molecule has 1 aliphatic heterocycles. The third-order valence-corrected chi connectivity index (χ3v) is 5.74. The van der Waals surface area contributed by atoms with Crippen LogP contribution >= 0.6 is 11.8 Å². The van der Waals surface area contributed by atoms with E-state index < -0.39 is 0 Å². The van der Waals surface area contributed by atoms with Crippen LogP contribution in [-0.2, 0) is 4.74 Å². The third-order valence-electron chi connectivity index (χ3n) is 4.50. The maximum atomic E-state index is 5.92. The van der Waals surface area contributed by atoms with Gasteiger partial charge in [-0.15, -0.1) is 0 Å². The lowest BCUT2D eigenvalue weighted by Gasteiger charge is -2.12. The van der Waals surface area contributed by atoms with Gasteiger partial charge in [-0.2, -0.15) is 11.8 Å². The van der Waals surface area contributed by atoms with Crippen LogP contribution in [0.25, 0.3) is 5.70 Å². The molecule has 0 spiro atoms. The van der Waals surface area contributed by atoms with Gasteiger partial charge in [-0.1, -0.05) is 44.2 Å². The van der Waals surface area contributed by atoms with Gasteiger partial charge in [-0.25, -0.2) is 0 Å². The monoisotopic (exact) mass is 345 g/mol. The molecule has 1 aliphatic rings. The highest BCUT2D eigenvalue weighted by atomic mass is 32.2. The van der Waals surface area contributed by atoms with Gasteiger partial charge in [0.25, 0.3) is 0 Å². The molecule has 2 nitrogen and oxygen atoms in total. The Hall–Kier alpha value is -1.06. The standard InChI is InChI=1S/C21H31NOS/c1-5-16(2)13-22-21(19-9-7-6-8-10-19)17(3)14-24-15-20-12-11-18(4)23-20/h6-10,13,16,18,20H,5,11-12,14-15H2,1-4H3/b21-17+,22-13?. The molecule has 24 heavy (non-hydrogen) atoms. The average Bonchev–Trinajstić information content (AvgIpc) is 3.01. The minimum absolute atomic E-state index is 0.432. The second kappa shape index (κ2) is 10.0. The zero-order valence-electron chi connectivity index (χ0n) is 15.5. The van der Waals surface area contributed by atoms with Crippen molar-refractivity contribution in [2.24, 2.45) is 10.9 Å². The van der Waals surface area contributed by atoms with Gasteiger partial charge in [-0.3, -0.25) is 4.99 Å². The molecule has 3 unspecified atom stereocenters. The van der Waals surface area contributed by atoms with Crippen LogP contribution < -0.4 is 0 Å². The van der Waals surface area contributed by atoms with Crippen LogP contribution in [0.1, 0.15) is 52.5 Å². The van der Waals surface area contributed by atoms with Crippen molar-refractivity contribution in [3.8, 4) is 0 Å². The molecule has 0 amide bonds. The normalized spacial score (nSPS) is 23.5. The maximum absolute atomic E-state index is 5.92. The van der Waals surface area contributed by atoms with Crippen molar-refractivity contribution in [3.05, 3.63) is 41.5 Å². The summed E-state index contributed by atoms with van der Waals surface area (Å²) in [4.78, 5) is 4.84. The minimum atomic E-state index is 0.432. The van der Waals surface area contributed by atoms with E-state index in [-0.39, 0.29) is 0 Å². The van der Waals surface area contributed by atoms with Crippen LogP contribution in [0.2, 0.25) is 0 Å². The van der Waals surface area contributed by atoms with E-state index in [0.717, 1.165) is 23.6 Å². The lowest BCUT2D eigenvalue weighted by Crippen LogP contribution is -2.11. The number of nitrogens with zero attached hydrogens (tertiary/aromatic N) is 1. The van der Waals surface area contributed by atoms with E-state index in [1.54, 1.807) is 0 Å². The number of hydrogen-bond acceptors (Lipinski definition) is 3. The molecule has 1 heterocycles. The smallest absolute Gasteiger partial charge is 0.0695 e. The van der Waals surface area contributed by atoms with Gasteiger partial charge < -0.3 is 4.74 Å². The highest BCUT2D eigenvalue weighted by Crippen LogP contribution is 2.26. The summed E-state index contributed by atoms with van der Waals surface area (Å²) in [6.45, 7) is 8.80. The summed E-state index contributed by atoms with van der Waals surface area (Å²) in [6.07, 6.45) is 6.49. The van der Waals surface area contributed by atoms with Gasteiger partial charge >= 0.3 is 0 Å². The zero-order valence-corrected chi connectivity index (χ0v) is 16.3. The van der Waals surface area contributed by atoms with E-state index in [1.165, 1.54) is 24.0 Å². The van der Waals surface area contributed by atoms with Crippen LogP contribution in [0, 0.1) is 5.92 Å². The van der Waals surface area contributed by atoms with Gasteiger partial charge in [0, 0.05) is 23.3 Å². The lowest BCUT2D eigenvalue weighted by atomic mass is 10.1. The predicted molar refractivity (Wildman–Crippen MR) is 108 cm³/mol. The molecular formula is C21H31NOS. The molecule has 0 aliphatic carbocycles. The molecule has 3 atom stereocenters. The summed E-state index contributed by atoms with van der Waals surface area (Å²) >= 11 is 1.97. The highest BCUT2D eigenvalue weighted by Gasteiger charge is 2.21. The fourth-order valence-electron chi connectivity index (χ4n) is 2.75. The molecule has 1 aromatic carbocycles. The Bertz CT molecular complexity index is 552. The molecule has 1 fully saturated rings. The van der Waals surface area contributed by atoms with Crippen molar-refractivity contribution >= 4 is 23.7 Å². The number of thioether (sulfide) groups is 1. The summed E-state index contributed by atoms with van der Waals surface area (Å²) < 4.78 is 5.92. The minimum Gasteiger partial charge on any atom is -0.374 e. The molecule has 0 aromatic heterocycles. The summed E-state index contributed by atoms with van der Waals surface area (Å²) in [5.41, 5.74) is 3.68. The van der Waals surface area contributed by atoms with E-state index in [1.807, 2.05) is 11.8 Å². The Morgan fingerprint density at radius 1 is 1.33 bits per heavy atom. The van der Waals surface area contributed by atoms with Crippen LogP contribution in [0.5, 0.6) is 0 Å². The molecular weight excluding hydrogens is 314 g/mol. The van der Waals surface area contributed by atoms with Gasteiger partial charge in [0.2, 0.25) is 0 Å². The van der Waals surface area contributed by atoms with E-state index in [4.69, 9.17) is 9.73 Å². The van der Waals surface area contributed by atoms with Crippen molar-refractivity contribution in [1.82, 2.24) is 0 Å². The average molecular weight is 346 g/mol. The maximum Gasteiger partial charge on any atom is 0.0695 e. The van der Waals surface area contributed by atoms with Crippen LogP contribution in [0.4, 0.5) is 0 Å². The van der Waals surface area contributed by atoms with Gasteiger partial charge in [-0.05, 0) is 44.6 Å². The SMILES string of the molecule is CCC(C)C=N/C(=C(\C)CSCC1CCC(C)O1)c1ccccc1. The summed E-state index contributed by atoms with van der Waals surface area (Å²) in [6, 6.07) is 10.5. The summed E-state index contributed by atoms with van der Waals surface area (Å²) in [5.74, 6) is 2.60. The van der Waals surface area contributed by atoms with Crippen molar-refractivity contribution in [2.75, 3.05) is 11.5 Å². The van der Waals surface area contributed by atoms with Crippen molar-refractivity contribution in [3.63, 3.8) is 0 Å². The molecule has 1 saturated heterocycles. The third kappa shape index (κ3) is 6.10. The Balaban J connectivity index is 2.03. The number of ether oxygens (including phenoxy) is 1. The Morgan fingerprint density at radius 2 is 2.08 bits per heavy atom. The van der Waals surface area contributed by atoms with Crippen LogP contribution in [-0.4, -0.2) is 29.9 Å². The molecule has 132 valence electrons. The van der Waals surface area contributed by atoms with Crippen molar-refractivity contribution in [2.45, 2.75) is 59.2 Å². The lowest BCUT2D eigenvalue weighted by molar-refractivity contribution is 0.0700. The Labute approximate surface area is 151 Å². The molecule has 0 saturated carbocycles. The van der Waals surface area contributed by atoms with Gasteiger partial charge in [0.05, 0.1) is 17.9 Å².